The van der Waals surface area contributed by atoms with Gasteiger partial charge in [0.2, 0.25) is 0 Å². The molecule has 0 saturated carbocycles. The van der Waals surface area contributed by atoms with Crippen molar-refractivity contribution in [3.8, 4) is 0 Å². The van der Waals surface area contributed by atoms with Crippen LogP contribution in [0.4, 0.5) is 0 Å². The molecule has 12 heavy (non-hydrogen) atoms. The normalized spacial score (nSPS) is 12.7. The van der Waals surface area contributed by atoms with Gasteiger partial charge in [-0.3, -0.25) is 9.98 Å². The predicted octanol–water partition coefficient (Wildman–Crippen LogP) is 2.73. The first kappa shape index (κ1) is 11.3. The molecule has 2 nitrogen and oxygen atoms in total. The van der Waals surface area contributed by atoms with Gasteiger partial charge in [-0.15, -0.1) is 0 Å². The van der Waals surface area contributed by atoms with Crippen molar-refractivity contribution in [2.24, 2.45) is 9.98 Å². The summed E-state index contributed by atoms with van der Waals surface area (Å²) >= 11 is 0. The smallest absolute Gasteiger partial charge is 0.0545 e. The molecular weight excluding hydrogens is 148 g/mol. The van der Waals surface area contributed by atoms with E-state index in [-0.39, 0.29) is 11.1 Å². The Bertz CT molecular complexity index is 149. The van der Waals surface area contributed by atoms with E-state index in [2.05, 4.69) is 51.1 Å². The second kappa shape index (κ2) is 3.83. The summed E-state index contributed by atoms with van der Waals surface area (Å²) in [5.74, 6) is 0. The van der Waals surface area contributed by atoms with Crippen molar-refractivity contribution in [1.82, 2.24) is 0 Å². The fourth-order valence-electron chi connectivity index (χ4n) is 0.770. The van der Waals surface area contributed by atoms with E-state index >= 15 is 0 Å². The molecule has 0 aromatic heterocycles. The molecule has 0 spiro atoms. The maximum Gasteiger partial charge on any atom is 0.0545 e. The van der Waals surface area contributed by atoms with Gasteiger partial charge >= 0.3 is 0 Å². The van der Waals surface area contributed by atoms with E-state index in [1.807, 2.05) is 0 Å². The molecule has 70 valence electrons. The maximum absolute atomic E-state index is 4.05. The van der Waals surface area contributed by atoms with E-state index < -0.39 is 0 Å². The molecule has 0 amide bonds. The Morgan fingerprint density at radius 1 is 0.833 bits per heavy atom. The van der Waals surface area contributed by atoms with Gasteiger partial charge in [-0.1, -0.05) is 0 Å². The Kier molecular flexibility index (Phi) is 3.62. The highest BCUT2D eigenvalue weighted by Gasteiger charge is 2.21. The predicted molar refractivity (Wildman–Crippen MR) is 56.5 cm³/mol. The molecule has 0 aliphatic carbocycles. The second-order valence-electron chi connectivity index (χ2n) is 4.44. The highest BCUT2D eigenvalue weighted by molar-refractivity contribution is 5.26. The molecule has 0 heterocycles. The number of hydrogen-bond donors (Lipinski definition) is 0. The summed E-state index contributed by atoms with van der Waals surface area (Å²) in [6.45, 7) is 15.5. The van der Waals surface area contributed by atoms with Crippen LogP contribution in [0.1, 0.15) is 40.5 Å². The third-order valence-corrected chi connectivity index (χ3v) is 2.20. The summed E-state index contributed by atoms with van der Waals surface area (Å²) in [4.78, 5) is 8.09. The van der Waals surface area contributed by atoms with Crippen LogP contribution in [0.2, 0.25) is 0 Å². The van der Waals surface area contributed by atoms with Crippen LogP contribution < -0.4 is 0 Å². The van der Waals surface area contributed by atoms with Crippen LogP contribution in [0.5, 0.6) is 0 Å². The van der Waals surface area contributed by atoms with Gasteiger partial charge in [-0.25, -0.2) is 0 Å². The summed E-state index contributed by atoms with van der Waals surface area (Å²) in [5.41, 5.74) is -0.0517. The van der Waals surface area contributed by atoms with Crippen LogP contribution in [0.15, 0.2) is 9.98 Å². The van der Waals surface area contributed by atoms with Gasteiger partial charge in [0, 0.05) is 0 Å². The van der Waals surface area contributed by atoms with E-state index in [1.165, 1.54) is 0 Å². The van der Waals surface area contributed by atoms with Gasteiger partial charge in [0.25, 0.3) is 0 Å². The van der Waals surface area contributed by atoms with Crippen LogP contribution >= 0.6 is 0 Å². The highest BCUT2D eigenvalue weighted by atomic mass is 14.8. The first-order valence-electron chi connectivity index (χ1n) is 4.29. The van der Waals surface area contributed by atoms with Gasteiger partial charge in [-0.2, -0.15) is 0 Å². The minimum Gasteiger partial charge on any atom is -0.295 e. The van der Waals surface area contributed by atoms with Gasteiger partial charge in [0.05, 0.1) is 11.1 Å². The van der Waals surface area contributed by atoms with Gasteiger partial charge in [-0.05, 0) is 54.0 Å². The molecular formula is C10H20N2. The standard InChI is InChI=1S/C10H20N2/c1-9(2,11-5)7-8-10(3,4)12-6/h5-8H2,1-4H3. The molecule has 0 N–H and O–H groups in total. The molecule has 0 bridgehead atoms. The molecule has 0 rings (SSSR count). The fraction of sp³-hybridized carbons (Fsp3) is 0.800. The molecule has 0 fully saturated rings. The largest absolute Gasteiger partial charge is 0.295 e. The van der Waals surface area contributed by atoms with E-state index in [9.17, 15) is 0 Å². The topological polar surface area (TPSA) is 24.7 Å². The molecule has 0 aromatic carbocycles. The van der Waals surface area contributed by atoms with Crippen molar-refractivity contribution >= 4 is 13.4 Å². The van der Waals surface area contributed by atoms with E-state index in [0.717, 1.165) is 12.8 Å². The van der Waals surface area contributed by atoms with Crippen molar-refractivity contribution in [1.29, 1.82) is 0 Å². The van der Waals surface area contributed by atoms with Crippen molar-refractivity contribution in [3.05, 3.63) is 0 Å². The van der Waals surface area contributed by atoms with Crippen molar-refractivity contribution in [2.75, 3.05) is 0 Å². The van der Waals surface area contributed by atoms with Crippen molar-refractivity contribution in [2.45, 2.75) is 51.6 Å². The van der Waals surface area contributed by atoms with E-state index in [4.69, 9.17) is 0 Å². The van der Waals surface area contributed by atoms with Gasteiger partial charge in [0.15, 0.2) is 0 Å². The monoisotopic (exact) mass is 168 g/mol. The van der Waals surface area contributed by atoms with Gasteiger partial charge < -0.3 is 0 Å². The summed E-state index contributed by atoms with van der Waals surface area (Å²) < 4.78 is 0. The summed E-state index contributed by atoms with van der Waals surface area (Å²) in [7, 11) is 0. The Balaban J connectivity index is 3.98. The third kappa shape index (κ3) is 4.27. The van der Waals surface area contributed by atoms with Crippen molar-refractivity contribution in [3.63, 3.8) is 0 Å². The first-order chi connectivity index (χ1) is 5.33. The molecule has 0 unspecified atom stereocenters. The Labute approximate surface area is 75.8 Å². The zero-order valence-electron chi connectivity index (χ0n) is 8.72. The van der Waals surface area contributed by atoms with Crippen LogP contribution in [0.3, 0.4) is 0 Å². The molecule has 0 aromatic rings. The Morgan fingerprint density at radius 2 is 1.08 bits per heavy atom. The number of hydrogen-bond acceptors (Lipinski definition) is 2. The minimum absolute atomic E-state index is 0.0258. The molecule has 0 atom stereocenters. The van der Waals surface area contributed by atoms with Crippen LogP contribution in [0, 0.1) is 0 Å². The average Bonchev–Trinajstić information content (AvgIpc) is 2.02. The lowest BCUT2D eigenvalue weighted by molar-refractivity contribution is 0.382. The third-order valence-electron chi connectivity index (χ3n) is 2.20. The number of aliphatic imine (C=N–C) groups is 2. The number of rotatable bonds is 5. The molecule has 2 heteroatoms. The summed E-state index contributed by atoms with van der Waals surface area (Å²) in [6.07, 6.45) is 2.00. The quantitative estimate of drug-likeness (QED) is 0.564. The molecule has 0 saturated heterocycles. The summed E-state index contributed by atoms with van der Waals surface area (Å²) in [5, 5.41) is 0. The Hall–Kier alpha value is -0.660. The van der Waals surface area contributed by atoms with E-state index in [0.29, 0.717) is 0 Å². The van der Waals surface area contributed by atoms with E-state index in [1.54, 1.807) is 0 Å². The van der Waals surface area contributed by atoms with Crippen LogP contribution in [-0.4, -0.2) is 24.5 Å². The Morgan fingerprint density at radius 3 is 1.25 bits per heavy atom. The van der Waals surface area contributed by atoms with Crippen molar-refractivity contribution < 1.29 is 0 Å². The average molecular weight is 168 g/mol. The molecule has 0 aliphatic heterocycles. The molecule has 0 aliphatic rings. The zero-order chi connectivity index (χ0) is 9.83. The molecule has 0 radical (unpaired) electrons. The van der Waals surface area contributed by atoms with Gasteiger partial charge in [0.1, 0.15) is 0 Å². The minimum atomic E-state index is -0.0258. The van der Waals surface area contributed by atoms with Crippen LogP contribution in [0.25, 0.3) is 0 Å². The highest BCUT2D eigenvalue weighted by Crippen LogP contribution is 2.23. The lowest BCUT2D eigenvalue weighted by Crippen LogP contribution is -2.23. The lowest BCUT2D eigenvalue weighted by Gasteiger charge is -2.25. The zero-order valence-corrected chi connectivity index (χ0v) is 8.72. The summed E-state index contributed by atoms with van der Waals surface area (Å²) in [6, 6.07) is 0. The first-order valence-corrected chi connectivity index (χ1v) is 4.29. The van der Waals surface area contributed by atoms with Crippen LogP contribution in [-0.2, 0) is 0 Å². The number of nitrogens with zero attached hydrogens (tertiary/aromatic N) is 2. The SMILES string of the molecule is C=NC(C)(C)CCC(C)(C)N=C. The lowest BCUT2D eigenvalue weighted by atomic mass is 9.90. The maximum atomic E-state index is 4.05. The fourth-order valence-corrected chi connectivity index (χ4v) is 0.770. The second-order valence-corrected chi connectivity index (χ2v) is 4.44.